The van der Waals surface area contributed by atoms with Gasteiger partial charge in [0.1, 0.15) is 5.82 Å². The Labute approximate surface area is 121 Å². The largest absolute Gasteiger partial charge is 0.289 e. The van der Waals surface area contributed by atoms with Crippen LogP contribution in [0, 0.1) is 19.7 Å². The average molecular weight is 297 g/mol. The van der Waals surface area contributed by atoms with Crippen LogP contribution >= 0.6 is 23.2 Å². The number of hydrogen-bond acceptors (Lipinski definition) is 1. The number of benzene rings is 2. The fourth-order valence-electron chi connectivity index (χ4n) is 2.05. The van der Waals surface area contributed by atoms with Crippen molar-refractivity contribution in [3.05, 3.63) is 68.4 Å². The Morgan fingerprint density at radius 3 is 2.11 bits per heavy atom. The summed E-state index contributed by atoms with van der Waals surface area (Å²) in [7, 11) is 0. The Morgan fingerprint density at radius 2 is 1.58 bits per heavy atom. The molecule has 4 heteroatoms. The molecule has 2 rings (SSSR count). The predicted octanol–water partition coefficient (Wildman–Crippen LogP) is 4.98. The number of halogens is 3. The van der Waals surface area contributed by atoms with Crippen molar-refractivity contribution in [3.8, 4) is 0 Å². The van der Waals surface area contributed by atoms with Crippen LogP contribution < -0.4 is 0 Å². The van der Waals surface area contributed by atoms with Crippen molar-refractivity contribution in [2.45, 2.75) is 13.8 Å². The molecule has 0 aromatic heterocycles. The molecule has 0 aliphatic heterocycles. The van der Waals surface area contributed by atoms with Crippen molar-refractivity contribution in [2.75, 3.05) is 0 Å². The fourth-order valence-corrected chi connectivity index (χ4v) is 2.35. The highest BCUT2D eigenvalue weighted by molar-refractivity contribution is 6.42. The van der Waals surface area contributed by atoms with Gasteiger partial charge in [-0.2, -0.15) is 0 Å². The summed E-state index contributed by atoms with van der Waals surface area (Å²) in [6, 6.07) is 7.40. The van der Waals surface area contributed by atoms with E-state index in [9.17, 15) is 9.18 Å². The van der Waals surface area contributed by atoms with Crippen molar-refractivity contribution in [1.82, 2.24) is 0 Å². The van der Waals surface area contributed by atoms with Gasteiger partial charge in [0.05, 0.1) is 10.0 Å². The summed E-state index contributed by atoms with van der Waals surface area (Å²) in [5, 5.41) is 0.718. The average Bonchev–Trinajstić information content (AvgIpc) is 2.31. The molecular weight excluding hydrogens is 286 g/mol. The van der Waals surface area contributed by atoms with Gasteiger partial charge in [-0.05, 0) is 55.3 Å². The minimum Gasteiger partial charge on any atom is -0.289 e. The number of hydrogen-bond donors (Lipinski definition) is 0. The molecule has 2 aromatic rings. The minimum absolute atomic E-state index is 0.187. The Balaban J connectivity index is 2.53. The van der Waals surface area contributed by atoms with Crippen molar-refractivity contribution >= 4 is 29.0 Å². The molecule has 0 N–H and O–H groups in total. The van der Waals surface area contributed by atoms with E-state index in [-0.39, 0.29) is 11.6 Å². The lowest BCUT2D eigenvalue weighted by Crippen LogP contribution is -2.07. The molecule has 0 aliphatic rings. The first-order valence-electron chi connectivity index (χ1n) is 5.66. The van der Waals surface area contributed by atoms with Crippen molar-refractivity contribution < 1.29 is 9.18 Å². The van der Waals surface area contributed by atoms with Crippen LogP contribution in [0.4, 0.5) is 4.39 Å². The van der Waals surface area contributed by atoms with Gasteiger partial charge < -0.3 is 0 Å². The van der Waals surface area contributed by atoms with Gasteiger partial charge in [0.15, 0.2) is 5.78 Å². The molecular formula is C15H11Cl2FO. The standard InChI is InChI=1S/C15H11Cl2FO/c1-8-5-11(18)6-9(2)14(8)15(19)10-3-4-12(16)13(17)7-10/h3-7H,1-2H3. The van der Waals surface area contributed by atoms with Crippen molar-refractivity contribution in [1.29, 1.82) is 0 Å². The zero-order chi connectivity index (χ0) is 14.2. The van der Waals surface area contributed by atoms with E-state index in [4.69, 9.17) is 23.2 Å². The summed E-state index contributed by atoms with van der Waals surface area (Å²) in [6.45, 7) is 3.42. The fraction of sp³-hybridized carbons (Fsp3) is 0.133. The summed E-state index contributed by atoms with van der Waals surface area (Å²) < 4.78 is 13.2. The van der Waals surface area contributed by atoms with E-state index < -0.39 is 0 Å². The molecule has 0 atom stereocenters. The van der Waals surface area contributed by atoms with Crippen LogP contribution in [0.1, 0.15) is 27.0 Å². The van der Waals surface area contributed by atoms with Crippen molar-refractivity contribution in [2.24, 2.45) is 0 Å². The molecule has 0 saturated heterocycles. The van der Waals surface area contributed by atoms with Gasteiger partial charge in [-0.3, -0.25) is 4.79 Å². The van der Waals surface area contributed by atoms with E-state index in [2.05, 4.69) is 0 Å². The van der Waals surface area contributed by atoms with Crippen LogP contribution in [-0.4, -0.2) is 5.78 Å². The third-order valence-electron chi connectivity index (χ3n) is 2.91. The second kappa shape index (κ2) is 5.32. The smallest absolute Gasteiger partial charge is 0.193 e. The molecule has 0 saturated carbocycles. The molecule has 0 radical (unpaired) electrons. The van der Waals surface area contributed by atoms with Crippen LogP contribution in [0.15, 0.2) is 30.3 Å². The Morgan fingerprint density at radius 1 is 1.00 bits per heavy atom. The lowest BCUT2D eigenvalue weighted by molar-refractivity contribution is 0.103. The molecule has 2 aromatic carbocycles. The predicted molar refractivity (Wildman–Crippen MR) is 75.8 cm³/mol. The van der Waals surface area contributed by atoms with E-state index >= 15 is 0 Å². The Bertz CT molecular complexity index is 642. The second-order valence-corrected chi connectivity index (χ2v) is 5.19. The summed E-state index contributed by atoms with van der Waals surface area (Å²) in [5.41, 5.74) is 2.15. The lowest BCUT2D eigenvalue weighted by atomic mass is 9.95. The van der Waals surface area contributed by atoms with Gasteiger partial charge >= 0.3 is 0 Å². The topological polar surface area (TPSA) is 17.1 Å². The third kappa shape index (κ3) is 2.80. The third-order valence-corrected chi connectivity index (χ3v) is 3.65. The van der Waals surface area contributed by atoms with Gasteiger partial charge in [0, 0.05) is 11.1 Å². The summed E-state index contributed by atoms with van der Waals surface area (Å²) >= 11 is 11.7. The Hall–Kier alpha value is -1.38. The molecule has 0 aliphatic carbocycles. The van der Waals surface area contributed by atoms with E-state index in [0.717, 1.165) is 0 Å². The van der Waals surface area contributed by atoms with E-state index in [0.29, 0.717) is 32.3 Å². The number of carbonyl (C=O) groups excluding carboxylic acids is 1. The number of carbonyl (C=O) groups is 1. The summed E-state index contributed by atoms with van der Waals surface area (Å²) in [5.74, 6) is -0.533. The maximum Gasteiger partial charge on any atom is 0.193 e. The van der Waals surface area contributed by atoms with Gasteiger partial charge in [0.25, 0.3) is 0 Å². The van der Waals surface area contributed by atoms with Crippen LogP contribution in [0.2, 0.25) is 10.0 Å². The second-order valence-electron chi connectivity index (χ2n) is 4.37. The molecule has 1 nitrogen and oxygen atoms in total. The zero-order valence-electron chi connectivity index (χ0n) is 10.4. The van der Waals surface area contributed by atoms with Crippen LogP contribution in [-0.2, 0) is 0 Å². The van der Waals surface area contributed by atoms with Gasteiger partial charge in [-0.1, -0.05) is 23.2 Å². The van der Waals surface area contributed by atoms with E-state index in [1.165, 1.54) is 18.2 Å². The zero-order valence-corrected chi connectivity index (χ0v) is 11.9. The molecule has 0 amide bonds. The van der Waals surface area contributed by atoms with Crippen molar-refractivity contribution in [3.63, 3.8) is 0 Å². The summed E-state index contributed by atoms with van der Waals surface area (Å²) in [4.78, 5) is 12.4. The molecule has 19 heavy (non-hydrogen) atoms. The molecule has 0 spiro atoms. The molecule has 0 bridgehead atoms. The molecule has 0 heterocycles. The van der Waals surface area contributed by atoms with Crippen LogP contribution in [0.5, 0.6) is 0 Å². The summed E-state index contributed by atoms with van der Waals surface area (Å²) in [6.07, 6.45) is 0. The van der Waals surface area contributed by atoms with Gasteiger partial charge in [-0.25, -0.2) is 4.39 Å². The first-order valence-corrected chi connectivity index (χ1v) is 6.42. The number of ketones is 1. The minimum atomic E-state index is -0.347. The number of aryl methyl sites for hydroxylation is 2. The van der Waals surface area contributed by atoms with Gasteiger partial charge in [-0.15, -0.1) is 0 Å². The van der Waals surface area contributed by atoms with E-state index in [1.54, 1.807) is 26.0 Å². The SMILES string of the molecule is Cc1cc(F)cc(C)c1C(=O)c1ccc(Cl)c(Cl)c1. The Kier molecular flexibility index (Phi) is 3.93. The number of rotatable bonds is 2. The van der Waals surface area contributed by atoms with E-state index in [1.807, 2.05) is 0 Å². The van der Waals surface area contributed by atoms with Crippen LogP contribution in [0.25, 0.3) is 0 Å². The highest BCUT2D eigenvalue weighted by Crippen LogP contribution is 2.26. The quantitative estimate of drug-likeness (QED) is 0.714. The normalized spacial score (nSPS) is 10.6. The maximum absolute atomic E-state index is 13.2. The highest BCUT2D eigenvalue weighted by atomic mass is 35.5. The molecule has 0 fully saturated rings. The monoisotopic (exact) mass is 296 g/mol. The highest BCUT2D eigenvalue weighted by Gasteiger charge is 2.16. The first-order chi connectivity index (χ1) is 8.90. The van der Waals surface area contributed by atoms with Gasteiger partial charge in [0.2, 0.25) is 0 Å². The molecule has 0 unspecified atom stereocenters. The maximum atomic E-state index is 13.2. The molecule has 98 valence electrons. The van der Waals surface area contributed by atoms with Crippen LogP contribution in [0.3, 0.4) is 0 Å². The first kappa shape index (κ1) is 14.0. The lowest BCUT2D eigenvalue weighted by Gasteiger charge is -2.09.